The van der Waals surface area contributed by atoms with Crippen LogP contribution in [0, 0.1) is 11.3 Å². The van der Waals surface area contributed by atoms with Gasteiger partial charge in [-0.1, -0.05) is 43.3 Å². The van der Waals surface area contributed by atoms with E-state index in [1.807, 2.05) is 32.0 Å². The van der Waals surface area contributed by atoms with Crippen LogP contribution in [0.15, 0.2) is 53.1 Å². The summed E-state index contributed by atoms with van der Waals surface area (Å²) in [5.41, 5.74) is 2.59. The lowest BCUT2D eigenvalue weighted by molar-refractivity contribution is 0.102. The van der Waals surface area contributed by atoms with Gasteiger partial charge in [-0.25, -0.2) is 0 Å². The largest absolute Gasteiger partial charge is 0.334 e. The average molecular weight is 346 g/mol. The first kappa shape index (κ1) is 17.4. The number of nitrogens with one attached hydrogen (secondary N) is 1. The van der Waals surface area contributed by atoms with Crippen LogP contribution in [0.5, 0.6) is 0 Å². The zero-order valence-corrected chi connectivity index (χ0v) is 14.6. The van der Waals surface area contributed by atoms with Gasteiger partial charge in [0.1, 0.15) is 0 Å². The summed E-state index contributed by atoms with van der Waals surface area (Å²) in [7, 11) is 0. The minimum absolute atomic E-state index is 0.139. The van der Waals surface area contributed by atoms with Gasteiger partial charge in [-0.3, -0.25) is 4.79 Å². The topological polar surface area (TPSA) is 91.8 Å². The Bertz CT molecular complexity index is 952. The molecule has 1 heterocycles. The molecule has 1 N–H and O–H groups in total. The van der Waals surface area contributed by atoms with Gasteiger partial charge in [0.15, 0.2) is 5.82 Å². The summed E-state index contributed by atoms with van der Waals surface area (Å²) >= 11 is 0. The van der Waals surface area contributed by atoms with E-state index in [-0.39, 0.29) is 11.8 Å². The number of hydrogen-bond donors (Lipinski definition) is 1. The predicted octanol–water partition coefficient (Wildman–Crippen LogP) is 4.18. The van der Waals surface area contributed by atoms with E-state index in [1.165, 1.54) is 0 Å². The molecule has 0 saturated heterocycles. The lowest BCUT2D eigenvalue weighted by atomic mass is 10.1. The van der Waals surface area contributed by atoms with Crippen molar-refractivity contribution in [1.29, 1.82) is 5.26 Å². The third kappa shape index (κ3) is 3.78. The fourth-order valence-electron chi connectivity index (χ4n) is 2.44. The minimum Gasteiger partial charge on any atom is -0.334 e. The third-order valence-corrected chi connectivity index (χ3v) is 3.86. The maximum Gasteiger partial charge on any atom is 0.258 e. The molecule has 3 aromatic rings. The fraction of sp³-hybridized carbons (Fsp3) is 0.200. The predicted molar refractivity (Wildman–Crippen MR) is 97.5 cm³/mol. The number of amides is 1. The van der Waals surface area contributed by atoms with E-state index in [2.05, 4.69) is 21.5 Å². The molecule has 0 radical (unpaired) electrons. The molecule has 130 valence electrons. The Labute approximate surface area is 151 Å². The van der Waals surface area contributed by atoms with Gasteiger partial charge in [-0.2, -0.15) is 10.2 Å². The van der Waals surface area contributed by atoms with E-state index >= 15 is 0 Å². The van der Waals surface area contributed by atoms with Crippen LogP contribution in [0.1, 0.15) is 41.5 Å². The highest BCUT2D eigenvalue weighted by Gasteiger charge is 2.18. The number of hydrogen-bond acceptors (Lipinski definition) is 5. The van der Waals surface area contributed by atoms with E-state index < -0.39 is 0 Å². The molecule has 26 heavy (non-hydrogen) atoms. The van der Waals surface area contributed by atoms with Crippen molar-refractivity contribution in [1.82, 2.24) is 10.1 Å². The summed E-state index contributed by atoms with van der Waals surface area (Å²) in [5.74, 6) is 0.797. The van der Waals surface area contributed by atoms with Crippen molar-refractivity contribution < 1.29 is 9.32 Å². The number of nitrogens with zero attached hydrogens (tertiary/aromatic N) is 3. The van der Waals surface area contributed by atoms with Crippen molar-refractivity contribution in [2.45, 2.75) is 26.2 Å². The molecule has 0 atom stereocenters. The van der Waals surface area contributed by atoms with Gasteiger partial charge in [0.05, 0.1) is 23.6 Å². The van der Waals surface area contributed by atoms with Crippen LogP contribution < -0.4 is 5.32 Å². The summed E-state index contributed by atoms with van der Waals surface area (Å²) in [6, 6.07) is 16.4. The van der Waals surface area contributed by atoms with Crippen molar-refractivity contribution in [3.63, 3.8) is 0 Å². The first-order valence-corrected chi connectivity index (χ1v) is 8.28. The van der Waals surface area contributed by atoms with Crippen molar-refractivity contribution in [3.05, 3.63) is 65.5 Å². The van der Waals surface area contributed by atoms with Gasteiger partial charge in [0.2, 0.25) is 0 Å². The molecule has 0 aliphatic rings. The van der Waals surface area contributed by atoms with Gasteiger partial charge in [0.25, 0.3) is 11.8 Å². The molecule has 2 aromatic carbocycles. The van der Waals surface area contributed by atoms with E-state index in [1.54, 1.807) is 30.3 Å². The SMILES string of the molecule is CC(C)c1noc(-c2ccccc2C(=O)Nc2ccc(CC#N)cc2)n1. The van der Waals surface area contributed by atoms with Gasteiger partial charge in [-0.15, -0.1) is 0 Å². The third-order valence-electron chi connectivity index (χ3n) is 3.86. The van der Waals surface area contributed by atoms with Gasteiger partial charge < -0.3 is 9.84 Å². The smallest absolute Gasteiger partial charge is 0.258 e. The molecule has 0 unspecified atom stereocenters. The average Bonchev–Trinajstić information content (AvgIpc) is 3.14. The normalized spacial score (nSPS) is 10.5. The Kier molecular flexibility index (Phi) is 5.09. The molecule has 0 fully saturated rings. The highest BCUT2D eigenvalue weighted by molar-refractivity contribution is 6.08. The monoisotopic (exact) mass is 346 g/mol. The molecule has 0 saturated carbocycles. The first-order chi connectivity index (χ1) is 12.6. The zero-order valence-electron chi connectivity index (χ0n) is 14.6. The molecule has 6 nitrogen and oxygen atoms in total. The summed E-state index contributed by atoms with van der Waals surface area (Å²) in [6.45, 7) is 3.95. The second kappa shape index (κ2) is 7.62. The summed E-state index contributed by atoms with van der Waals surface area (Å²) in [4.78, 5) is 17.1. The van der Waals surface area contributed by atoms with Crippen LogP contribution in [-0.2, 0) is 6.42 Å². The van der Waals surface area contributed by atoms with E-state index in [4.69, 9.17) is 9.78 Å². The van der Waals surface area contributed by atoms with Crippen LogP contribution >= 0.6 is 0 Å². The van der Waals surface area contributed by atoms with Gasteiger partial charge in [0, 0.05) is 11.6 Å². The lowest BCUT2D eigenvalue weighted by Crippen LogP contribution is -2.13. The summed E-state index contributed by atoms with van der Waals surface area (Å²) in [5, 5.41) is 15.5. The molecule has 0 spiro atoms. The molecule has 0 aliphatic carbocycles. The highest BCUT2D eigenvalue weighted by Crippen LogP contribution is 2.24. The van der Waals surface area contributed by atoms with Crippen LogP contribution in [0.25, 0.3) is 11.5 Å². The Morgan fingerprint density at radius 2 is 1.92 bits per heavy atom. The van der Waals surface area contributed by atoms with Crippen molar-refractivity contribution in [2.24, 2.45) is 0 Å². The number of rotatable bonds is 5. The standard InChI is InChI=1S/C20H18N4O2/c1-13(2)18-23-20(26-24-18)17-6-4-3-5-16(17)19(25)22-15-9-7-14(8-10-15)11-12-21/h3-10,13H,11H2,1-2H3,(H,22,25). The minimum atomic E-state index is -0.266. The second-order valence-electron chi connectivity index (χ2n) is 6.14. The quantitative estimate of drug-likeness (QED) is 0.748. The Morgan fingerprint density at radius 1 is 1.19 bits per heavy atom. The molecule has 1 aromatic heterocycles. The zero-order chi connectivity index (χ0) is 18.5. The maximum absolute atomic E-state index is 12.7. The Balaban J connectivity index is 1.84. The van der Waals surface area contributed by atoms with Crippen molar-refractivity contribution in [2.75, 3.05) is 5.32 Å². The van der Waals surface area contributed by atoms with E-state index in [0.717, 1.165) is 5.56 Å². The molecular formula is C20H18N4O2. The fourth-order valence-corrected chi connectivity index (χ4v) is 2.44. The molecule has 0 aliphatic heterocycles. The lowest BCUT2D eigenvalue weighted by Gasteiger charge is -2.08. The molecule has 3 rings (SSSR count). The number of anilines is 1. The molecular weight excluding hydrogens is 328 g/mol. The summed E-state index contributed by atoms with van der Waals surface area (Å²) < 4.78 is 5.32. The number of carbonyl (C=O) groups excluding carboxylic acids is 1. The molecule has 0 bridgehead atoms. The van der Waals surface area contributed by atoms with Crippen molar-refractivity contribution >= 4 is 11.6 Å². The van der Waals surface area contributed by atoms with E-state index in [0.29, 0.717) is 35.0 Å². The first-order valence-electron chi connectivity index (χ1n) is 8.28. The van der Waals surface area contributed by atoms with Gasteiger partial charge in [-0.05, 0) is 29.8 Å². The van der Waals surface area contributed by atoms with Crippen LogP contribution in [0.2, 0.25) is 0 Å². The summed E-state index contributed by atoms with van der Waals surface area (Å²) in [6.07, 6.45) is 0.340. The van der Waals surface area contributed by atoms with Crippen LogP contribution in [0.4, 0.5) is 5.69 Å². The van der Waals surface area contributed by atoms with Crippen LogP contribution in [-0.4, -0.2) is 16.0 Å². The molecule has 1 amide bonds. The number of benzene rings is 2. The van der Waals surface area contributed by atoms with Crippen molar-refractivity contribution in [3.8, 4) is 17.5 Å². The van der Waals surface area contributed by atoms with Gasteiger partial charge >= 0.3 is 0 Å². The number of carbonyl (C=O) groups is 1. The second-order valence-corrected chi connectivity index (χ2v) is 6.14. The maximum atomic E-state index is 12.7. The highest BCUT2D eigenvalue weighted by atomic mass is 16.5. The van der Waals surface area contributed by atoms with Crippen LogP contribution in [0.3, 0.4) is 0 Å². The Hall–Kier alpha value is -3.46. The Morgan fingerprint density at radius 3 is 2.58 bits per heavy atom. The number of aromatic nitrogens is 2. The van der Waals surface area contributed by atoms with E-state index in [9.17, 15) is 4.79 Å². The number of nitriles is 1. The molecule has 6 heteroatoms.